The predicted molar refractivity (Wildman–Crippen MR) is 67.2 cm³/mol. The van der Waals surface area contributed by atoms with Gasteiger partial charge in [-0.05, 0) is 39.2 Å². The maximum absolute atomic E-state index is 12.3. The van der Waals surface area contributed by atoms with Gasteiger partial charge in [0.05, 0.1) is 5.41 Å². The SMILES string of the molecule is C=CCC(C)NC(=O)C1(CC)CCCNC1. The van der Waals surface area contributed by atoms with Gasteiger partial charge < -0.3 is 10.6 Å². The number of carbonyl (C=O) groups is 1. The number of hydrogen-bond donors (Lipinski definition) is 2. The molecule has 0 aromatic carbocycles. The van der Waals surface area contributed by atoms with Gasteiger partial charge in [-0.25, -0.2) is 0 Å². The Hall–Kier alpha value is -0.830. The standard InChI is InChI=1S/C13H24N2O/c1-4-7-11(3)15-12(16)13(5-2)8-6-9-14-10-13/h4,11,14H,1,5-10H2,2-3H3,(H,15,16). The number of carbonyl (C=O) groups excluding carboxylic acids is 1. The van der Waals surface area contributed by atoms with Crippen molar-refractivity contribution in [2.75, 3.05) is 13.1 Å². The molecule has 0 saturated carbocycles. The summed E-state index contributed by atoms with van der Waals surface area (Å²) in [6, 6.07) is 0.190. The first-order valence-electron chi connectivity index (χ1n) is 6.27. The second-order valence-corrected chi connectivity index (χ2v) is 4.81. The zero-order valence-electron chi connectivity index (χ0n) is 10.5. The molecule has 1 saturated heterocycles. The fraction of sp³-hybridized carbons (Fsp3) is 0.769. The van der Waals surface area contributed by atoms with E-state index in [2.05, 4.69) is 24.1 Å². The predicted octanol–water partition coefficient (Wildman–Crippen LogP) is 1.85. The summed E-state index contributed by atoms with van der Waals surface area (Å²) in [7, 11) is 0. The molecule has 92 valence electrons. The van der Waals surface area contributed by atoms with Crippen LogP contribution in [0.3, 0.4) is 0 Å². The first-order chi connectivity index (χ1) is 7.64. The summed E-state index contributed by atoms with van der Waals surface area (Å²) in [5.41, 5.74) is -0.187. The van der Waals surface area contributed by atoms with Crippen molar-refractivity contribution in [3.63, 3.8) is 0 Å². The van der Waals surface area contributed by atoms with Crippen molar-refractivity contribution >= 4 is 5.91 Å². The molecule has 1 rings (SSSR count). The number of nitrogens with one attached hydrogen (secondary N) is 2. The van der Waals surface area contributed by atoms with E-state index in [1.165, 1.54) is 0 Å². The van der Waals surface area contributed by atoms with E-state index in [-0.39, 0.29) is 17.4 Å². The average molecular weight is 224 g/mol. The Kier molecular flexibility index (Phi) is 5.00. The van der Waals surface area contributed by atoms with Crippen molar-refractivity contribution in [2.45, 2.75) is 45.6 Å². The van der Waals surface area contributed by atoms with Crippen LogP contribution >= 0.6 is 0 Å². The van der Waals surface area contributed by atoms with Crippen molar-refractivity contribution in [3.8, 4) is 0 Å². The molecule has 1 fully saturated rings. The monoisotopic (exact) mass is 224 g/mol. The fourth-order valence-electron chi connectivity index (χ4n) is 2.31. The van der Waals surface area contributed by atoms with Crippen LogP contribution in [0.4, 0.5) is 0 Å². The molecular weight excluding hydrogens is 200 g/mol. The van der Waals surface area contributed by atoms with Gasteiger partial charge in [0, 0.05) is 12.6 Å². The van der Waals surface area contributed by atoms with E-state index in [9.17, 15) is 4.79 Å². The van der Waals surface area contributed by atoms with E-state index in [1.807, 2.05) is 13.0 Å². The summed E-state index contributed by atoms with van der Waals surface area (Å²) in [5.74, 6) is 0.205. The average Bonchev–Trinajstić information content (AvgIpc) is 2.30. The lowest BCUT2D eigenvalue weighted by atomic mass is 9.77. The van der Waals surface area contributed by atoms with Gasteiger partial charge in [-0.1, -0.05) is 13.0 Å². The van der Waals surface area contributed by atoms with Crippen LogP contribution in [0, 0.1) is 5.41 Å². The number of piperidine rings is 1. The Morgan fingerprint density at radius 2 is 2.44 bits per heavy atom. The van der Waals surface area contributed by atoms with Crippen molar-refractivity contribution in [1.29, 1.82) is 0 Å². The second-order valence-electron chi connectivity index (χ2n) is 4.81. The lowest BCUT2D eigenvalue weighted by Crippen LogP contribution is -2.51. The third-order valence-corrected chi connectivity index (χ3v) is 3.53. The zero-order valence-corrected chi connectivity index (χ0v) is 10.5. The van der Waals surface area contributed by atoms with Crippen LogP contribution in [0.25, 0.3) is 0 Å². The van der Waals surface area contributed by atoms with Crippen molar-refractivity contribution in [2.24, 2.45) is 5.41 Å². The van der Waals surface area contributed by atoms with Gasteiger partial charge in [-0.15, -0.1) is 6.58 Å². The third kappa shape index (κ3) is 3.08. The van der Waals surface area contributed by atoms with E-state index in [0.29, 0.717) is 0 Å². The van der Waals surface area contributed by atoms with E-state index < -0.39 is 0 Å². The Balaban J connectivity index is 2.57. The van der Waals surface area contributed by atoms with Gasteiger partial charge in [0.15, 0.2) is 0 Å². The number of amides is 1. The largest absolute Gasteiger partial charge is 0.353 e. The Labute approximate surface area is 98.7 Å². The minimum absolute atomic E-state index is 0.187. The molecule has 2 unspecified atom stereocenters. The molecule has 0 bridgehead atoms. The summed E-state index contributed by atoms with van der Waals surface area (Å²) in [6.07, 6.45) is 5.69. The van der Waals surface area contributed by atoms with Gasteiger partial charge in [0.25, 0.3) is 0 Å². The highest BCUT2D eigenvalue weighted by Gasteiger charge is 2.37. The molecule has 1 amide bonds. The summed E-state index contributed by atoms with van der Waals surface area (Å²) < 4.78 is 0. The van der Waals surface area contributed by atoms with Gasteiger partial charge >= 0.3 is 0 Å². The van der Waals surface area contributed by atoms with Crippen LogP contribution in [0.2, 0.25) is 0 Å². The van der Waals surface area contributed by atoms with E-state index in [0.717, 1.165) is 38.8 Å². The topological polar surface area (TPSA) is 41.1 Å². The third-order valence-electron chi connectivity index (χ3n) is 3.53. The maximum atomic E-state index is 12.3. The smallest absolute Gasteiger partial charge is 0.227 e. The van der Waals surface area contributed by atoms with Crippen LogP contribution in [-0.4, -0.2) is 25.0 Å². The van der Waals surface area contributed by atoms with Gasteiger partial charge in [-0.3, -0.25) is 4.79 Å². The lowest BCUT2D eigenvalue weighted by molar-refractivity contribution is -0.133. The Morgan fingerprint density at radius 3 is 2.94 bits per heavy atom. The highest BCUT2D eigenvalue weighted by atomic mass is 16.2. The van der Waals surface area contributed by atoms with Gasteiger partial charge in [0.1, 0.15) is 0 Å². The fourth-order valence-corrected chi connectivity index (χ4v) is 2.31. The molecule has 0 aromatic rings. The molecule has 1 aliphatic rings. The zero-order chi connectivity index (χ0) is 12.0. The van der Waals surface area contributed by atoms with Crippen molar-refractivity contribution in [3.05, 3.63) is 12.7 Å². The van der Waals surface area contributed by atoms with Gasteiger partial charge in [-0.2, -0.15) is 0 Å². The molecule has 0 aliphatic carbocycles. The molecule has 16 heavy (non-hydrogen) atoms. The molecule has 0 radical (unpaired) electrons. The summed E-state index contributed by atoms with van der Waals surface area (Å²) >= 11 is 0. The Morgan fingerprint density at radius 1 is 1.69 bits per heavy atom. The maximum Gasteiger partial charge on any atom is 0.227 e. The van der Waals surface area contributed by atoms with Crippen LogP contribution in [0.5, 0.6) is 0 Å². The normalized spacial score (nSPS) is 27.1. The molecular formula is C13H24N2O. The Bertz CT molecular complexity index is 244. The van der Waals surface area contributed by atoms with Crippen LogP contribution < -0.4 is 10.6 Å². The molecule has 2 N–H and O–H groups in total. The van der Waals surface area contributed by atoms with Crippen molar-refractivity contribution in [1.82, 2.24) is 10.6 Å². The van der Waals surface area contributed by atoms with E-state index in [1.54, 1.807) is 0 Å². The van der Waals surface area contributed by atoms with Crippen LogP contribution in [0.1, 0.15) is 39.5 Å². The minimum Gasteiger partial charge on any atom is -0.353 e. The number of hydrogen-bond acceptors (Lipinski definition) is 2. The summed E-state index contributed by atoms with van der Waals surface area (Å²) in [6.45, 7) is 9.68. The minimum atomic E-state index is -0.187. The lowest BCUT2D eigenvalue weighted by Gasteiger charge is -2.36. The molecule has 1 aliphatic heterocycles. The molecule has 3 heteroatoms. The highest BCUT2D eigenvalue weighted by molar-refractivity contribution is 5.83. The highest BCUT2D eigenvalue weighted by Crippen LogP contribution is 2.30. The first kappa shape index (κ1) is 13.2. The van der Waals surface area contributed by atoms with Crippen LogP contribution in [0.15, 0.2) is 12.7 Å². The summed E-state index contributed by atoms with van der Waals surface area (Å²) in [4.78, 5) is 12.3. The van der Waals surface area contributed by atoms with Crippen molar-refractivity contribution < 1.29 is 4.79 Å². The molecule has 3 nitrogen and oxygen atoms in total. The second kappa shape index (κ2) is 6.04. The van der Waals surface area contributed by atoms with E-state index in [4.69, 9.17) is 0 Å². The molecule has 2 atom stereocenters. The summed E-state index contributed by atoms with van der Waals surface area (Å²) in [5, 5.41) is 6.42. The molecule has 0 aromatic heterocycles. The molecule has 1 heterocycles. The number of rotatable bonds is 5. The van der Waals surface area contributed by atoms with Gasteiger partial charge in [0.2, 0.25) is 5.91 Å². The quantitative estimate of drug-likeness (QED) is 0.700. The van der Waals surface area contributed by atoms with E-state index >= 15 is 0 Å². The molecule has 0 spiro atoms. The first-order valence-corrected chi connectivity index (χ1v) is 6.27. The van der Waals surface area contributed by atoms with Crippen LogP contribution in [-0.2, 0) is 4.79 Å².